The van der Waals surface area contributed by atoms with Crippen molar-refractivity contribution in [2.24, 2.45) is 4.99 Å². The summed E-state index contributed by atoms with van der Waals surface area (Å²) < 4.78 is 20.1. The molecule has 0 N–H and O–H groups in total. The van der Waals surface area contributed by atoms with Crippen LogP contribution in [0.4, 0.5) is 15.8 Å². The van der Waals surface area contributed by atoms with Crippen LogP contribution < -0.4 is 10.7 Å². The Labute approximate surface area is 179 Å². The second-order valence-electron chi connectivity index (χ2n) is 7.39. The Morgan fingerprint density at radius 3 is 2.50 bits per heavy atom. The van der Waals surface area contributed by atoms with Crippen molar-refractivity contribution in [1.29, 1.82) is 0 Å². The van der Waals surface area contributed by atoms with Crippen molar-refractivity contribution in [3.8, 4) is 0 Å². The number of rotatable bonds is 7. The molecule has 2 heterocycles. The number of aliphatic imine (C=N–C) groups is 1. The first-order valence-electron chi connectivity index (χ1n) is 10.1. The van der Waals surface area contributed by atoms with Crippen molar-refractivity contribution in [2.75, 3.05) is 37.6 Å². The predicted molar refractivity (Wildman–Crippen MR) is 119 cm³/mol. The first-order valence-corrected chi connectivity index (χ1v) is 10.5. The number of nitrogens with zero attached hydrogens (tertiary/aromatic N) is 4. The first kappa shape index (κ1) is 20.5. The number of hydrogen-bond donors (Lipinski definition) is 0. The molecule has 30 heavy (non-hydrogen) atoms. The molecule has 1 fully saturated rings. The molecule has 0 bridgehead atoms. The van der Waals surface area contributed by atoms with E-state index in [1.54, 1.807) is 16.7 Å². The number of unbranched alkanes of at least 4 members (excludes halogenated alkanes) is 1. The normalized spacial score (nSPS) is 14.8. The maximum Gasteiger partial charge on any atom is 0.419 e. The van der Waals surface area contributed by atoms with E-state index in [-0.39, 0.29) is 11.6 Å². The van der Waals surface area contributed by atoms with Gasteiger partial charge < -0.3 is 9.32 Å². The number of halogens is 1. The minimum atomic E-state index is -0.346. The Kier molecular flexibility index (Phi) is 6.38. The molecule has 0 amide bonds. The fourth-order valence-corrected chi connectivity index (χ4v) is 3.98. The van der Waals surface area contributed by atoms with Gasteiger partial charge in [0.25, 0.3) is 0 Å². The van der Waals surface area contributed by atoms with Gasteiger partial charge in [-0.3, -0.25) is 9.47 Å². The van der Waals surface area contributed by atoms with Crippen molar-refractivity contribution in [3.63, 3.8) is 0 Å². The summed E-state index contributed by atoms with van der Waals surface area (Å²) in [6, 6.07) is 12.0. The van der Waals surface area contributed by atoms with Crippen LogP contribution in [0.25, 0.3) is 11.1 Å². The number of benzene rings is 2. The van der Waals surface area contributed by atoms with E-state index < -0.39 is 0 Å². The highest BCUT2D eigenvalue weighted by Crippen LogP contribution is 2.21. The Bertz CT molecular complexity index is 1110. The summed E-state index contributed by atoms with van der Waals surface area (Å²) in [5.74, 6) is -0.549. The Hall–Kier alpha value is -2.80. The molecule has 1 saturated heterocycles. The standard InChI is InChI=1S/C22H23FN4O2S/c23-17-3-6-19(7-4-17)26-13-11-25(12-14-26)9-1-2-10-27-20-8-5-18(24-16-30)15-21(20)29-22(27)28/h3-8,15H,1-2,9-14H2. The molecule has 0 unspecified atom stereocenters. The molecule has 8 heteroatoms. The highest BCUT2D eigenvalue weighted by Gasteiger charge is 2.17. The lowest BCUT2D eigenvalue weighted by Gasteiger charge is -2.36. The fourth-order valence-electron chi connectivity index (χ4n) is 3.88. The fraction of sp³-hybridized carbons (Fsp3) is 0.364. The molecule has 4 rings (SSSR count). The predicted octanol–water partition coefficient (Wildman–Crippen LogP) is 4.07. The van der Waals surface area contributed by atoms with Crippen molar-refractivity contribution >= 4 is 39.9 Å². The third-order valence-electron chi connectivity index (χ3n) is 5.50. The molecule has 1 aromatic heterocycles. The quantitative estimate of drug-likeness (QED) is 0.324. The van der Waals surface area contributed by atoms with Crippen LogP contribution in [0, 0.1) is 5.82 Å². The van der Waals surface area contributed by atoms with E-state index in [2.05, 4.69) is 32.2 Å². The van der Waals surface area contributed by atoms with Gasteiger partial charge >= 0.3 is 5.76 Å². The second-order valence-corrected chi connectivity index (χ2v) is 7.57. The molecule has 156 valence electrons. The van der Waals surface area contributed by atoms with E-state index in [1.165, 1.54) is 12.1 Å². The van der Waals surface area contributed by atoms with Gasteiger partial charge in [-0.25, -0.2) is 9.18 Å². The SMILES string of the molecule is O=c1oc2cc(N=C=S)ccc2n1CCCCN1CCN(c2ccc(F)cc2)CC1. The summed E-state index contributed by atoms with van der Waals surface area (Å²) in [5, 5.41) is 2.32. The van der Waals surface area contributed by atoms with Crippen LogP contribution >= 0.6 is 12.2 Å². The van der Waals surface area contributed by atoms with Gasteiger partial charge in [-0.15, -0.1) is 0 Å². The third kappa shape index (κ3) is 4.67. The zero-order chi connectivity index (χ0) is 20.9. The number of isothiocyanates is 1. The summed E-state index contributed by atoms with van der Waals surface area (Å²) in [6.45, 7) is 5.45. The zero-order valence-corrected chi connectivity index (χ0v) is 17.4. The van der Waals surface area contributed by atoms with Crippen LogP contribution in [-0.2, 0) is 6.54 Å². The van der Waals surface area contributed by atoms with Gasteiger partial charge in [0.15, 0.2) is 5.58 Å². The molecule has 2 aromatic carbocycles. The summed E-state index contributed by atoms with van der Waals surface area (Å²) in [7, 11) is 0. The van der Waals surface area contributed by atoms with Crippen molar-refractivity contribution in [1.82, 2.24) is 9.47 Å². The maximum absolute atomic E-state index is 13.1. The van der Waals surface area contributed by atoms with E-state index in [1.807, 2.05) is 18.2 Å². The van der Waals surface area contributed by atoms with Crippen LogP contribution in [0.15, 0.2) is 56.7 Å². The molecule has 3 aromatic rings. The Morgan fingerprint density at radius 2 is 1.77 bits per heavy atom. The number of aryl methyl sites for hydroxylation is 1. The van der Waals surface area contributed by atoms with Gasteiger partial charge in [0, 0.05) is 44.5 Å². The van der Waals surface area contributed by atoms with Crippen LogP contribution in [-0.4, -0.2) is 47.4 Å². The lowest BCUT2D eigenvalue weighted by molar-refractivity contribution is 0.251. The topological polar surface area (TPSA) is 54.0 Å². The van der Waals surface area contributed by atoms with Gasteiger partial charge in [-0.05, 0) is 68.0 Å². The third-order valence-corrected chi connectivity index (χ3v) is 5.59. The van der Waals surface area contributed by atoms with E-state index in [0.29, 0.717) is 17.8 Å². The summed E-state index contributed by atoms with van der Waals surface area (Å²) in [5.41, 5.74) is 2.99. The molecule has 0 aliphatic carbocycles. The average Bonchev–Trinajstić information content (AvgIpc) is 3.07. The van der Waals surface area contributed by atoms with E-state index in [0.717, 1.165) is 56.8 Å². The molecule has 1 aliphatic heterocycles. The number of piperazine rings is 1. The van der Waals surface area contributed by atoms with Crippen LogP contribution in [0.1, 0.15) is 12.8 Å². The van der Waals surface area contributed by atoms with E-state index >= 15 is 0 Å². The number of fused-ring (bicyclic) bond motifs is 1. The molecular weight excluding hydrogens is 403 g/mol. The van der Waals surface area contributed by atoms with Gasteiger partial charge in [-0.1, -0.05) is 0 Å². The monoisotopic (exact) mass is 426 g/mol. The summed E-state index contributed by atoms with van der Waals surface area (Å²) in [6.07, 6.45) is 1.90. The molecule has 6 nitrogen and oxygen atoms in total. The summed E-state index contributed by atoms with van der Waals surface area (Å²) in [4.78, 5) is 20.8. The molecule has 0 atom stereocenters. The van der Waals surface area contributed by atoms with Crippen LogP contribution in [0.3, 0.4) is 0 Å². The average molecular weight is 427 g/mol. The zero-order valence-electron chi connectivity index (χ0n) is 16.6. The van der Waals surface area contributed by atoms with Gasteiger partial charge in [0.05, 0.1) is 16.4 Å². The minimum absolute atomic E-state index is 0.203. The Morgan fingerprint density at radius 1 is 1.03 bits per heavy atom. The first-order chi connectivity index (χ1) is 14.6. The van der Waals surface area contributed by atoms with Gasteiger partial charge in [0.2, 0.25) is 0 Å². The maximum atomic E-state index is 13.1. The number of oxazole rings is 1. The smallest absolute Gasteiger partial charge is 0.408 e. The van der Waals surface area contributed by atoms with Crippen molar-refractivity contribution in [2.45, 2.75) is 19.4 Å². The van der Waals surface area contributed by atoms with Crippen LogP contribution in [0.5, 0.6) is 0 Å². The number of hydrogen-bond acceptors (Lipinski definition) is 6. The van der Waals surface area contributed by atoms with Crippen LogP contribution in [0.2, 0.25) is 0 Å². The van der Waals surface area contributed by atoms with E-state index in [4.69, 9.17) is 4.42 Å². The van der Waals surface area contributed by atoms with Gasteiger partial charge in [0.1, 0.15) is 5.82 Å². The molecular formula is C22H23FN4O2S. The second kappa shape index (κ2) is 9.34. The molecule has 0 saturated carbocycles. The molecule has 0 spiro atoms. The molecule has 0 radical (unpaired) electrons. The summed E-state index contributed by atoms with van der Waals surface area (Å²) >= 11 is 4.61. The van der Waals surface area contributed by atoms with Crippen molar-refractivity contribution in [3.05, 3.63) is 58.8 Å². The largest absolute Gasteiger partial charge is 0.419 e. The lowest BCUT2D eigenvalue weighted by Crippen LogP contribution is -2.46. The highest BCUT2D eigenvalue weighted by molar-refractivity contribution is 7.78. The number of thiocarbonyl (C=S) groups is 1. The van der Waals surface area contributed by atoms with Crippen molar-refractivity contribution < 1.29 is 8.81 Å². The molecule has 1 aliphatic rings. The van der Waals surface area contributed by atoms with E-state index in [9.17, 15) is 9.18 Å². The van der Waals surface area contributed by atoms with Gasteiger partial charge in [-0.2, -0.15) is 4.99 Å². The minimum Gasteiger partial charge on any atom is -0.408 e. The highest BCUT2D eigenvalue weighted by atomic mass is 32.1. The Balaban J connectivity index is 1.26. The lowest BCUT2D eigenvalue weighted by atomic mass is 10.2. The number of anilines is 1. The number of aromatic nitrogens is 1.